The van der Waals surface area contributed by atoms with Gasteiger partial charge in [-0.15, -0.1) is 0 Å². The van der Waals surface area contributed by atoms with Gasteiger partial charge in [-0.2, -0.15) is 0 Å². The Labute approximate surface area is 149 Å². The van der Waals surface area contributed by atoms with Crippen LogP contribution in [0.4, 0.5) is 0 Å². The van der Waals surface area contributed by atoms with Gasteiger partial charge < -0.3 is 10.2 Å². The summed E-state index contributed by atoms with van der Waals surface area (Å²) < 4.78 is 0. The van der Waals surface area contributed by atoms with Gasteiger partial charge in [-0.3, -0.25) is 9.59 Å². The third-order valence-corrected chi connectivity index (χ3v) is 4.47. The van der Waals surface area contributed by atoms with Crippen molar-refractivity contribution in [2.24, 2.45) is 0 Å². The molecular weight excluding hydrogens is 312 g/mol. The predicted octanol–water partition coefficient (Wildman–Crippen LogP) is 3.61. The second-order valence-corrected chi connectivity index (χ2v) is 6.25. The zero-order valence-corrected chi connectivity index (χ0v) is 15.2. The lowest BCUT2D eigenvalue weighted by molar-refractivity contribution is -0.131. The summed E-state index contributed by atoms with van der Waals surface area (Å²) >= 11 is 0. The molecule has 132 valence electrons. The zero-order valence-electron chi connectivity index (χ0n) is 15.2. The van der Waals surface area contributed by atoms with Crippen LogP contribution in [0.1, 0.15) is 43.0 Å². The number of benzene rings is 2. The highest BCUT2D eigenvalue weighted by molar-refractivity contribution is 5.78. The van der Waals surface area contributed by atoms with Crippen molar-refractivity contribution < 1.29 is 9.59 Å². The van der Waals surface area contributed by atoms with Crippen LogP contribution in [0.5, 0.6) is 0 Å². The maximum Gasteiger partial charge on any atom is 0.222 e. The first-order valence-corrected chi connectivity index (χ1v) is 8.62. The third kappa shape index (κ3) is 5.45. The molecule has 2 aromatic rings. The first-order valence-electron chi connectivity index (χ1n) is 8.62. The molecule has 0 heterocycles. The number of rotatable bonds is 7. The molecule has 1 N–H and O–H groups in total. The SMILES string of the molecule is CC(=O)N(CCC(=O)NCc1ccccc1C)C(C)c1ccccc1. The van der Waals surface area contributed by atoms with E-state index in [9.17, 15) is 9.59 Å². The maximum atomic E-state index is 12.2. The lowest BCUT2D eigenvalue weighted by atomic mass is 10.1. The average molecular weight is 338 g/mol. The topological polar surface area (TPSA) is 49.4 Å². The van der Waals surface area contributed by atoms with Gasteiger partial charge in [0.25, 0.3) is 0 Å². The Morgan fingerprint density at radius 1 is 1.04 bits per heavy atom. The van der Waals surface area contributed by atoms with Crippen molar-refractivity contribution in [2.45, 2.75) is 39.8 Å². The van der Waals surface area contributed by atoms with Gasteiger partial charge in [0.15, 0.2) is 0 Å². The van der Waals surface area contributed by atoms with Crippen LogP contribution < -0.4 is 5.32 Å². The maximum absolute atomic E-state index is 12.2. The fraction of sp³-hybridized carbons (Fsp3) is 0.333. The number of aryl methyl sites for hydroxylation is 1. The van der Waals surface area contributed by atoms with E-state index in [2.05, 4.69) is 5.32 Å². The van der Waals surface area contributed by atoms with Gasteiger partial charge in [0.2, 0.25) is 11.8 Å². The molecule has 2 rings (SSSR count). The minimum atomic E-state index is -0.0529. The zero-order chi connectivity index (χ0) is 18.2. The van der Waals surface area contributed by atoms with E-state index in [0.29, 0.717) is 19.5 Å². The van der Waals surface area contributed by atoms with Crippen LogP contribution in [0.2, 0.25) is 0 Å². The van der Waals surface area contributed by atoms with E-state index < -0.39 is 0 Å². The van der Waals surface area contributed by atoms with Crippen molar-refractivity contribution in [2.75, 3.05) is 6.54 Å². The summed E-state index contributed by atoms with van der Waals surface area (Å²) in [6.45, 7) is 6.48. The molecule has 2 amide bonds. The summed E-state index contributed by atoms with van der Waals surface area (Å²) in [5.41, 5.74) is 3.33. The van der Waals surface area contributed by atoms with Gasteiger partial charge in [0.05, 0.1) is 6.04 Å². The molecule has 1 unspecified atom stereocenters. The molecule has 0 aliphatic rings. The van der Waals surface area contributed by atoms with Gasteiger partial charge in [-0.1, -0.05) is 54.6 Å². The number of hydrogen-bond acceptors (Lipinski definition) is 2. The van der Waals surface area contributed by atoms with Crippen molar-refractivity contribution in [3.05, 3.63) is 71.3 Å². The predicted molar refractivity (Wildman–Crippen MR) is 99.9 cm³/mol. The first-order chi connectivity index (χ1) is 12.0. The van der Waals surface area contributed by atoms with E-state index in [1.165, 1.54) is 0 Å². The van der Waals surface area contributed by atoms with Crippen molar-refractivity contribution in [3.63, 3.8) is 0 Å². The molecule has 0 bridgehead atoms. The Morgan fingerprint density at radius 3 is 2.32 bits per heavy atom. The van der Waals surface area contributed by atoms with E-state index >= 15 is 0 Å². The normalized spacial score (nSPS) is 11.6. The largest absolute Gasteiger partial charge is 0.352 e. The van der Waals surface area contributed by atoms with Gasteiger partial charge in [-0.05, 0) is 30.5 Å². The highest BCUT2D eigenvalue weighted by Gasteiger charge is 2.19. The van der Waals surface area contributed by atoms with E-state index in [1.54, 1.807) is 11.8 Å². The number of nitrogens with one attached hydrogen (secondary N) is 1. The van der Waals surface area contributed by atoms with E-state index in [-0.39, 0.29) is 17.9 Å². The van der Waals surface area contributed by atoms with Crippen LogP contribution >= 0.6 is 0 Å². The molecule has 2 aromatic carbocycles. The van der Waals surface area contributed by atoms with Crippen molar-refractivity contribution in [1.82, 2.24) is 10.2 Å². The molecule has 0 aliphatic heterocycles. The summed E-state index contributed by atoms with van der Waals surface area (Å²) in [5.74, 6) is -0.0715. The summed E-state index contributed by atoms with van der Waals surface area (Å²) in [7, 11) is 0. The molecule has 1 atom stereocenters. The summed E-state index contributed by atoms with van der Waals surface area (Å²) in [5, 5.41) is 2.94. The molecule has 0 fully saturated rings. The van der Waals surface area contributed by atoms with Gasteiger partial charge >= 0.3 is 0 Å². The molecular formula is C21H26N2O2. The fourth-order valence-corrected chi connectivity index (χ4v) is 2.85. The van der Waals surface area contributed by atoms with Crippen LogP contribution in [-0.4, -0.2) is 23.3 Å². The number of carbonyl (C=O) groups is 2. The molecule has 4 nitrogen and oxygen atoms in total. The number of hydrogen-bond donors (Lipinski definition) is 1. The summed E-state index contributed by atoms with van der Waals surface area (Å²) in [6, 6.07) is 17.8. The summed E-state index contributed by atoms with van der Waals surface area (Å²) in [6.07, 6.45) is 0.294. The van der Waals surface area contributed by atoms with E-state index in [4.69, 9.17) is 0 Å². The van der Waals surface area contributed by atoms with Gasteiger partial charge in [-0.25, -0.2) is 0 Å². The van der Waals surface area contributed by atoms with E-state index in [1.807, 2.05) is 68.4 Å². The molecule has 0 spiro atoms. The van der Waals surface area contributed by atoms with Gasteiger partial charge in [0.1, 0.15) is 0 Å². The Hall–Kier alpha value is -2.62. The minimum Gasteiger partial charge on any atom is -0.352 e. The van der Waals surface area contributed by atoms with Crippen molar-refractivity contribution in [1.29, 1.82) is 0 Å². The van der Waals surface area contributed by atoms with Crippen LogP contribution in [0.3, 0.4) is 0 Å². The highest BCUT2D eigenvalue weighted by atomic mass is 16.2. The first kappa shape index (κ1) is 18.7. The Bertz CT molecular complexity index is 713. The lowest BCUT2D eigenvalue weighted by Gasteiger charge is -2.28. The van der Waals surface area contributed by atoms with Gasteiger partial charge in [0, 0.05) is 26.4 Å². The molecule has 25 heavy (non-hydrogen) atoms. The van der Waals surface area contributed by atoms with Crippen molar-refractivity contribution in [3.8, 4) is 0 Å². The molecule has 0 aliphatic carbocycles. The molecule has 4 heteroatoms. The molecule has 0 radical (unpaired) electrons. The van der Waals surface area contributed by atoms with Crippen LogP contribution in [-0.2, 0) is 16.1 Å². The molecule has 0 saturated carbocycles. The van der Waals surface area contributed by atoms with Crippen LogP contribution in [0, 0.1) is 6.92 Å². The standard InChI is InChI=1S/C21H26N2O2/c1-16-9-7-8-12-20(16)15-22-21(25)13-14-23(18(3)24)17(2)19-10-5-4-6-11-19/h4-12,17H,13-15H2,1-3H3,(H,22,25). The average Bonchev–Trinajstić information content (AvgIpc) is 2.61. The second-order valence-electron chi connectivity index (χ2n) is 6.25. The van der Waals surface area contributed by atoms with Crippen LogP contribution in [0.25, 0.3) is 0 Å². The second kappa shape index (κ2) is 9.02. The Kier molecular flexibility index (Phi) is 6.75. The van der Waals surface area contributed by atoms with E-state index in [0.717, 1.165) is 16.7 Å². The number of nitrogens with zero attached hydrogens (tertiary/aromatic N) is 1. The van der Waals surface area contributed by atoms with Crippen LogP contribution in [0.15, 0.2) is 54.6 Å². The Balaban J connectivity index is 1.89. The molecule has 0 saturated heterocycles. The number of carbonyl (C=O) groups excluding carboxylic acids is 2. The third-order valence-electron chi connectivity index (χ3n) is 4.47. The quantitative estimate of drug-likeness (QED) is 0.838. The van der Waals surface area contributed by atoms with Crippen molar-refractivity contribution >= 4 is 11.8 Å². The fourth-order valence-electron chi connectivity index (χ4n) is 2.85. The summed E-state index contributed by atoms with van der Waals surface area (Å²) in [4.78, 5) is 25.9. The smallest absolute Gasteiger partial charge is 0.222 e. The highest BCUT2D eigenvalue weighted by Crippen LogP contribution is 2.20. The number of amides is 2. The monoisotopic (exact) mass is 338 g/mol. The minimum absolute atomic E-state index is 0.0249. The lowest BCUT2D eigenvalue weighted by Crippen LogP contribution is -2.35. The Morgan fingerprint density at radius 2 is 1.68 bits per heavy atom. The molecule has 0 aromatic heterocycles.